The molecule has 2 aromatic rings. The number of carbonyl (C=O) groups excluding carboxylic acids is 2. The minimum Gasteiger partial charge on any atom is -0.286 e. The van der Waals surface area contributed by atoms with Crippen molar-refractivity contribution in [2.24, 2.45) is 5.92 Å². The first-order chi connectivity index (χ1) is 12.1. The highest BCUT2D eigenvalue weighted by molar-refractivity contribution is 5.82. The largest absolute Gasteiger partial charge is 0.286 e. The van der Waals surface area contributed by atoms with Crippen LogP contribution in [0.3, 0.4) is 0 Å². The van der Waals surface area contributed by atoms with Gasteiger partial charge in [0, 0.05) is 5.39 Å². The van der Waals surface area contributed by atoms with Crippen LogP contribution in [0.5, 0.6) is 0 Å². The van der Waals surface area contributed by atoms with E-state index in [1.807, 2.05) is 30.3 Å². The van der Waals surface area contributed by atoms with E-state index in [0.717, 1.165) is 30.2 Å². The minimum atomic E-state index is -0.491. The fraction of sp³-hybridized carbons (Fsp3) is 0.389. The number of anilines is 1. The number of pyridine rings is 1. The number of benzene rings is 1. The number of amides is 2. The Labute approximate surface area is 147 Å². The molecular formula is C18H24N4O3. The van der Waals surface area contributed by atoms with E-state index < -0.39 is 5.92 Å². The van der Waals surface area contributed by atoms with Gasteiger partial charge in [-0.05, 0) is 24.6 Å². The third-order valence-electron chi connectivity index (χ3n) is 3.97. The van der Waals surface area contributed by atoms with Crippen molar-refractivity contribution in [1.82, 2.24) is 15.5 Å². The van der Waals surface area contributed by atoms with Crippen LogP contribution in [0, 0.1) is 5.92 Å². The molecule has 25 heavy (non-hydrogen) atoms. The topological polar surface area (TPSA) is 94.6 Å². The number of hydroxylamine groups is 2. The molecule has 0 aliphatic heterocycles. The lowest BCUT2D eigenvalue weighted by Crippen LogP contribution is -2.40. The number of nitrogens with zero attached hydrogens (tertiary/aromatic N) is 2. The zero-order chi connectivity index (χ0) is 18.1. The Morgan fingerprint density at radius 3 is 2.84 bits per heavy atom. The van der Waals surface area contributed by atoms with E-state index in [2.05, 4.69) is 22.8 Å². The minimum absolute atomic E-state index is 0.0358. The van der Waals surface area contributed by atoms with Crippen molar-refractivity contribution in [2.75, 3.05) is 12.0 Å². The average molecular weight is 344 g/mol. The number of rotatable bonds is 10. The summed E-state index contributed by atoms with van der Waals surface area (Å²) in [5.41, 5.74) is 6.24. The highest BCUT2D eigenvalue weighted by Gasteiger charge is 2.20. The van der Waals surface area contributed by atoms with Gasteiger partial charge in [-0.2, -0.15) is 0 Å². The van der Waals surface area contributed by atoms with Gasteiger partial charge in [0.05, 0.1) is 18.0 Å². The van der Waals surface area contributed by atoms with Crippen molar-refractivity contribution in [3.8, 4) is 0 Å². The van der Waals surface area contributed by atoms with Crippen LogP contribution in [0.4, 0.5) is 5.82 Å². The Morgan fingerprint density at radius 2 is 2.08 bits per heavy atom. The van der Waals surface area contributed by atoms with Crippen LogP contribution in [0.25, 0.3) is 10.9 Å². The summed E-state index contributed by atoms with van der Waals surface area (Å²) in [6, 6.07) is 11.4. The zero-order valence-electron chi connectivity index (χ0n) is 14.3. The lowest BCUT2D eigenvalue weighted by molar-refractivity contribution is -0.154. The molecule has 0 saturated heterocycles. The number of unbranched alkanes of at least 4 members (excludes halogenated alkanes) is 2. The Morgan fingerprint density at radius 1 is 1.28 bits per heavy atom. The number of hydrogen-bond acceptors (Lipinski definition) is 5. The van der Waals surface area contributed by atoms with Gasteiger partial charge in [0.1, 0.15) is 5.82 Å². The maximum atomic E-state index is 12.4. The number of nitrogens with one attached hydrogen (secondary N) is 2. The van der Waals surface area contributed by atoms with Crippen LogP contribution in [-0.2, 0) is 9.59 Å². The normalized spacial score (nSPS) is 11.8. The first-order valence-electron chi connectivity index (χ1n) is 8.46. The predicted octanol–water partition coefficient (Wildman–Crippen LogP) is 2.72. The summed E-state index contributed by atoms with van der Waals surface area (Å²) in [4.78, 5) is 27.4. The second-order valence-electron chi connectivity index (χ2n) is 5.92. The van der Waals surface area contributed by atoms with E-state index in [-0.39, 0.29) is 12.5 Å². The molecule has 1 heterocycles. The molecule has 7 nitrogen and oxygen atoms in total. The molecule has 1 aromatic carbocycles. The van der Waals surface area contributed by atoms with Crippen molar-refractivity contribution in [1.29, 1.82) is 0 Å². The van der Waals surface area contributed by atoms with Gasteiger partial charge < -0.3 is 0 Å². The highest BCUT2D eigenvalue weighted by atomic mass is 16.5. The number of hydrogen-bond donors (Lipinski definition) is 3. The fourth-order valence-electron chi connectivity index (χ4n) is 2.58. The van der Waals surface area contributed by atoms with E-state index in [1.165, 1.54) is 0 Å². The number of aromatic nitrogens is 1. The Balaban J connectivity index is 1.96. The molecule has 0 radical (unpaired) electrons. The summed E-state index contributed by atoms with van der Waals surface area (Å²) >= 11 is 0. The molecule has 0 spiro atoms. The van der Waals surface area contributed by atoms with Crippen LogP contribution in [-0.4, -0.2) is 34.1 Å². The van der Waals surface area contributed by atoms with E-state index >= 15 is 0 Å². The maximum Gasteiger partial charge on any atom is 0.243 e. The van der Waals surface area contributed by atoms with Gasteiger partial charge in [0.15, 0.2) is 0 Å². The third-order valence-corrected chi connectivity index (χ3v) is 3.97. The van der Waals surface area contributed by atoms with Crippen LogP contribution >= 0.6 is 0 Å². The summed E-state index contributed by atoms with van der Waals surface area (Å²) in [7, 11) is 0. The second kappa shape index (κ2) is 9.58. The van der Waals surface area contributed by atoms with Crippen molar-refractivity contribution in [2.45, 2.75) is 32.6 Å². The van der Waals surface area contributed by atoms with Crippen LogP contribution < -0.4 is 10.9 Å². The van der Waals surface area contributed by atoms with Gasteiger partial charge in [0.25, 0.3) is 0 Å². The molecule has 7 heteroatoms. The van der Waals surface area contributed by atoms with Crippen molar-refractivity contribution in [3.63, 3.8) is 0 Å². The van der Waals surface area contributed by atoms with E-state index in [9.17, 15) is 14.8 Å². The number of fused-ring (bicyclic) bond motifs is 1. The van der Waals surface area contributed by atoms with Gasteiger partial charge in [-0.25, -0.2) is 10.0 Å². The van der Waals surface area contributed by atoms with Gasteiger partial charge in [-0.3, -0.25) is 25.6 Å². The van der Waals surface area contributed by atoms with Crippen molar-refractivity contribution in [3.05, 3.63) is 36.4 Å². The molecule has 1 atom stereocenters. The first-order valence-corrected chi connectivity index (χ1v) is 8.46. The molecule has 0 unspecified atom stereocenters. The molecule has 3 N–H and O–H groups in total. The average Bonchev–Trinajstić information content (AvgIpc) is 2.65. The van der Waals surface area contributed by atoms with Crippen molar-refractivity contribution < 1.29 is 14.8 Å². The predicted molar refractivity (Wildman–Crippen MR) is 95.7 cm³/mol. The van der Waals surface area contributed by atoms with Crippen LogP contribution in [0.1, 0.15) is 32.6 Å². The first kappa shape index (κ1) is 18.7. The SMILES string of the molecule is CCCCC[C@H](CN(O)C=O)C(=O)NNc1ccc2ccccc2n1. The molecule has 0 fully saturated rings. The molecule has 1 aromatic heterocycles. The fourth-order valence-corrected chi connectivity index (χ4v) is 2.58. The number of para-hydroxylation sites is 1. The van der Waals surface area contributed by atoms with Gasteiger partial charge >= 0.3 is 0 Å². The molecule has 0 aliphatic carbocycles. The second-order valence-corrected chi connectivity index (χ2v) is 5.92. The van der Waals surface area contributed by atoms with Gasteiger partial charge in [-0.1, -0.05) is 44.4 Å². The maximum absolute atomic E-state index is 12.4. The summed E-state index contributed by atoms with van der Waals surface area (Å²) in [6.45, 7) is 2.04. The van der Waals surface area contributed by atoms with E-state index in [1.54, 1.807) is 6.07 Å². The monoisotopic (exact) mass is 344 g/mol. The number of hydrazine groups is 1. The molecule has 2 rings (SSSR count). The quantitative estimate of drug-likeness (QED) is 0.267. The lowest BCUT2D eigenvalue weighted by Gasteiger charge is -2.20. The standard InChI is InChI=1S/C18H24N4O3/c1-2-3-4-8-15(12-22(25)13-23)18(24)21-20-17-11-10-14-7-5-6-9-16(14)19-17/h5-7,9-11,13,15,25H,2-4,8,12H2,1H3,(H,19,20)(H,21,24)/t15-/m1/s1. The summed E-state index contributed by atoms with van der Waals surface area (Å²) < 4.78 is 0. The van der Waals surface area contributed by atoms with Crippen LogP contribution in [0.15, 0.2) is 36.4 Å². The Hall–Kier alpha value is -2.67. The van der Waals surface area contributed by atoms with E-state index in [0.29, 0.717) is 23.7 Å². The Kier molecular flexibility index (Phi) is 7.16. The summed E-state index contributed by atoms with van der Waals surface area (Å²) in [5.74, 6) is -0.253. The molecular weight excluding hydrogens is 320 g/mol. The van der Waals surface area contributed by atoms with Crippen molar-refractivity contribution >= 4 is 29.0 Å². The molecule has 2 amide bonds. The molecule has 0 bridgehead atoms. The third kappa shape index (κ3) is 5.72. The number of carbonyl (C=O) groups is 2. The summed E-state index contributed by atoms with van der Waals surface area (Å²) in [5, 5.41) is 10.9. The van der Waals surface area contributed by atoms with E-state index in [4.69, 9.17) is 0 Å². The summed E-state index contributed by atoms with van der Waals surface area (Å²) in [6.07, 6.45) is 3.78. The van der Waals surface area contributed by atoms with Gasteiger partial charge in [-0.15, -0.1) is 0 Å². The molecule has 134 valence electrons. The highest BCUT2D eigenvalue weighted by Crippen LogP contribution is 2.15. The zero-order valence-corrected chi connectivity index (χ0v) is 14.3. The smallest absolute Gasteiger partial charge is 0.243 e. The van der Waals surface area contributed by atoms with Gasteiger partial charge in [0.2, 0.25) is 12.3 Å². The lowest BCUT2D eigenvalue weighted by atomic mass is 10.0. The molecule has 0 saturated carbocycles. The Bertz CT molecular complexity index is 708. The molecule has 0 aliphatic rings. The van der Waals surface area contributed by atoms with Crippen LogP contribution in [0.2, 0.25) is 0 Å².